The van der Waals surface area contributed by atoms with Crippen molar-refractivity contribution >= 4 is 0 Å². The van der Waals surface area contributed by atoms with Crippen LogP contribution in [0.5, 0.6) is 11.5 Å². The maximum atomic E-state index is 5.47. The molecular weight excluding hydrogens is 232 g/mol. The maximum Gasteiger partial charge on any atom is 0.164 e. The van der Waals surface area contributed by atoms with Crippen LogP contribution < -0.4 is 15.2 Å². The summed E-state index contributed by atoms with van der Waals surface area (Å²) in [6.45, 7) is 0.325. The molecule has 0 atom stereocenters. The van der Waals surface area contributed by atoms with Gasteiger partial charge in [-0.2, -0.15) is 5.10 Å². The molecule has 0 spiro atoms. The molecule has 0 aliphatic heterocycles. The lowest BCUT2D eigenvalue weighted by molar-refractivity contribution is 0.399. The van der Waals surface area contributed by atoms with Crippen molar-refractivity contribution in [2.24, 2.45) is 5.73 Å². The van der Waals surface area contributed by atoms with Gasteiger partial charge in [0, 0.05) is 12.0 Å². The Labute approximate surface area is 105 Å². The fourth-order valence-corrected chi connectivity index (χ4v) is 1.71. The summed E-state index contributed by atoms with van der Waals surface area (Å²) < 4.78 is 10.5. The second-order valence-corrected chi connectivity index (χ2v) is 3.76. The Morgan fingerprint density at radius 2 is 2.11 bits per heavy atom. The van der Waals surface area contributed by atoms with Crippen LogP contribution in [0.25, 0.3) is 0 Å². The van der Waals surface area contributed by atoms with Gasteiger partial charge in [0.1, 0.15) is 17.3 Å². The molecule has 0 saturated carbocycles. The van der Waals surface area contributed by atoms with Crippen molar-refractivity contribution in [3.8, 4) is 11.5 Å². The van der Waals surface area contributed by atoms with Gasteiger partial charge in [0.05, 0.1) is 20.8 Å². The van der Waals surface area contributed by atoms with E-state index < -0.39 is 0 Å². The van der Waals surface area contributed by atoms with Gasteiger partial charge in [-0.15, -0.1) is 0 Å². The molecule has 2 aromatic rings. The van der Waals surface area contributed by atoms with Crippen LogP contribution in [-0.4, -0.2) is 29.4 Å². The van der Waals surface area contributed by atoms with Crippen LogP contribution in [0, 0.1) is 0 Å². The van der Waals surface area contributed by atoms with Crippen LogP contribution in [0.2, 0.25) is 0 Å². The minimum Gasteiger partial charge on any atom is -0.497 e. The highest BCUT2D eigenvalue weighted by Gasteiger charge is 2.09. The molecule has 0 saturated heterocycles. The predicted octanol–water partition coefficient (Wildman–Crippen LogP) is 0.871. The second kappa shape index (κ2) is 5.50. The average Bonchev–Trinajstić information content (AvgIpc) is 2.86. The standard InChI is InChI=1S/C12H16N4O2/c1-17-9-3-4-10(18-2)8(5-9)6-11-14-12(7-13)16-15-11/h3-5H,6-7,13H2,1-2H3,(H,14,15,16). The minimum absolute atomic E-state index is 0.325. The number of nitrogens with one attached hydrogen (secondary N) is 1. The number of methoxy groups -OCH3 is 2. The Hall–Kier alpha value is -2.08. The highest BCUT2D eigenvalue weighted by molar-refractivity contribution is 5.41. The fraction of sp³-hybridized carbons (Fsp3) is 0.333. The summed E-state index contributed by atoms with van der Waals surface area (Å²) in [6, 6.07) is 5.64. The van der Waals surface area contributed by atoms with E-state index in [2.05, 4.69) is 15.2 Å². The van der Waals surface area contributed by atoms with Crippen molar-refractivity contribution in [3.63, 3.8) is 0 Å². The number of aromatic amines is 1. The monoisotopic (exact) mass is 248 g/mol. The van der Waals surface area contributed by atoms with E-state index in [1.54, 1.807) is 14.2 Å². The number of H-pyrrole nitrogens is 1. The molecular formula is C12H16N4O2. The number of rotatable bonds is 5. The van der Waals surface area contributed by atoms with Crippen molar-refractivity contribution in [2.75, 3.05) is 14.2 Å². The van der Waals surface area contributed by atoms with Crippen LogP contribution >= 0.6 is 0 Å². The first kappa shape index (κ1) is 12.4. The molecule has 18 heavy (non-hydrogen) atoms. The third kappa shape index (κ3) is 2.60. The third-order valence-electron chi connectivity index (χ3n) is 2.61. The zero-order valence-corrected chi connectivity index (χ0v) is 10.4. The van der Waals surface area contributed by atoms with E-state index in [0.717, 1.165) is 22.9 Å². The highest BCUT2D eigenvalue weighted by atomic mass is 16.5. The van der Waals surface area contributed by atoms with E-state index in [9.17, 15) is 0 Å². The lowest BCUT2D eigenvalue weighted by atomic mass is 10.1. The lowest BCUT2D eigenvalue weighted by Crippen LogP contribution is -1.99. The van der Waals surface area contributed by atoms with Crippen molar-refractivity contribution in [2.45, 2.75) is 13.0 Å². The molecule has 6 heteroatoms. The number of ether oxygens (including phenoxy) is 2. The Morgan fingerprint density at radius 3 is 2.72 bits per heavy atom. The number of nitrogens with zero attached hydrogens (tertiary/aromatic N) is 2. The molecule has 0 amide bonds. The van der Waals surface area contributed by atoms with Gasteiger partial charge in [0.15, 0.2) is 5.82 Å². The Balaban J connectivity index is 2.25. The summed E-state index contributed by atoms with van der Waals surface area (Å²) in [6.07, 6.45) is 0.591. The van der Waals surface area contributed by atoms with Crippen molar-refractivity contribution in [1.29, 1.82) is 0 Å². The van der Waals surface area contributed by atoms with Crippen molar-refractivity contribution in [1.82, 2.24) is 15.2 Å². The third-order valence-corrected chi connectivity index (χ3v) is 2.61. The van der Waals surface area contributed by atoms with E-state index in [4.69, 9.17) is 15.2 Å². The number of benzene rings is 1. The zero-order valence-electron chi connectivity index (χ0n) is 10.4. The normalized spacial score (nSPS) is 10.4. The number of hydrogen-bond acceptors (Lipinski definition) is 5. The molecule has 0 bridgehead atoms. The van der Waals surface area contributed by atoms with Gasteiger partial charge in [0.2, 0.25) is 0 Å². The van der Waals surface area contributed by atoms with Crippen LogP contribution in [0.3, 0.4) is 0 Å². The molecule has 2 rings (SSSR count). The molecule has 1 aromatic heterocycles. The van der Waals surface area contributed by atoms with Crippen LogP contribution in [0.1, 0.15) is 17.2 Å². The Kier molecular flexibility index (Phi) is 3.78. The van der Waals surface area contributed by atoms with Gasteiger partial charge >= 0.3 is 0 Å². The summed E-state index contributed by atoms with van der Waals surface area (Å²) in [5.41, 5.74) is 6.45. The first-order chi connectivity index (χ1) is 8.76. The van der Waals surface area contributed by atoms with Crippen LogP contribution in [-0.2, 0) is 13.0 Å². The molecule has 0 radical (unpaired) electrons. The van der Waals surface area contributed by atoms with Gasteiger partial charge in [-0.05, 0) is 18.2 Å². The molecule has 0 aliphatic carbocycles. The molecule has 3 N–H and O–H groups in total. The Bertz CT molecular complexity index is 525. The van der Waals surface area contributed by atoms with E-state index >= 15 is 0 Å². The minimum atomic E-state index is 0.325. The number of hydrogen-bond donors (Lipinski definition) is 2. The predicted molar refractivity (Wildman–Crippen MR) is 66.6 cm³/mol. The largest absolute Gasteiger partial charge is 0.497 e. The first-order valence-electron chi connectivity index (χ1n) is 5.58. The van der Waals surface area contributed by atoms with Gasteiger partial charge < -0.3 is 15.2 Å². The van der Waals surface area contributed by atoms with E-state index in [1.165, 1.54) is 0 Å². The molecule has 0 fully saturated rings. The quantitative estimate of drug-likeness (QED) is 0.820. The van der Waals surface area contributed by atoms with Crippen molar-refractivity contribution < 1.29 is 9.47 Å². The molecule has 1 aromatic carbocycles. The summed E-state index contributed by atoms with van der Waals surface area (Å²) in [4.78, 5) is 4.27. The number of nitrogens with two attached hydrogens (primary N) is 1. The lowest BCUT2D eigenvalue weighted by Gasteiger charge is -2.09. The van der Waals surface area contributed by atoms with Crippen LogP contribution in [0.15, 0.2) is 18.2 Å². The highest BCUT2D eigenvalue weighted by Crippen LogP contribution is 2.25. The average molecular weight is 248 g/mol. The second-order valence-electron chi connectivity index (χ2n) is 3.76. The summed E-state index contributed by atoms with van der Waals surface area (Å²) in [5.74, 6) is 2.93. The smallest absolute Gasteiger partial charge is 0.164 e. The molecule has 0 aliphatic rings. The van der Waals surface area contributed by atoms with Gasteiger partial charge in [-0.3, -0.25) is 5.10 Å². The molecule has 96 valence electrons. The Morgan fingerprint density at radius 1 is 1.28 bits per heavy atom. The molecule has 6 nitrogen and oxygen atoms in total. The van der Waals surface area contributed by atoms with E-state index in [0.29, 0.717) is 18.8 Å². The molecule has 1 heterocycles. The topological polar surface area (TPSA) is 86.1 Å². The van der Waals surface area contributed by atoms with E-state index in [1.807, 2.05) is 18.2 Å². The van der Waals surface area contributed by atoms with Crippen molar-refractivity contribution in [3.05, 3.63) is 35.4 Å². The van der Waals surface area contributed by atoms with Gasteiger partial charge in [-0.1, -0.05) is 0 Å². The van der Waals surface area contributed by atoms with Gasteiger partial charge in [-0.25, -0.2) is 4.98 Å². The van der Waals surface area contributed by atoms with E-state index in [-0.39, 0.29) is 0 Å². The maximum absolute atomic E-state index is 5.47. The fourth-order valence-electron chi connectivity index (χ4n) is 1.71. The molecule has 0 unspecified atom stereocenters. The van der Waals surface area contributed by atoms with Crippen LogP contribution in [0.4, 0.5) is 0 Å². The summed E-state index contributed by atoms with van der Waals surface area (Å²) in [7, 11) is 3.27. The first-order valence-corrected chi connectivity index (χ1v) is 5.58. The SMILES string of the molecule is COc1ccc(OC)c(Cc2nc(CN)n[nH]2)c1. The summed E-state index contributed by atoms with van der Waals surface area (Å²) in [5, 5.41) is 6.85. The zero-order chi connectivity index (χ0) is 13.0. The number of aromatic nitrogens is 3. The summed E-state index contributed by atoms with van der Waals surface area (Å²) >= 11 is 0. The van der Waals surface area contributed by atoms with Gasteiger partial charge in [0.25, 0.3) is 0 Å².